The van der Waals surface area contributed by atoms with Gasteiger partial charge in [0, 0.05) is 17.4 Å². The van der Waals surface area contributed by atoms with Crippen LogP contribution in [-0.4, -0.2) is 18.5 Å². The molecule has 0 saturated heterocycles. The van der Waals surface area contributed by atoms with Crippen molar-refractivity contribution in [3.63, 3.8) is 0 Å². The lowest BCUT2D eigenvalue weighted by molar-refractivity contribution is 0.0230. The molecule has 0 N–H and O–H groups in total. The second kappa shape index (κ2) is 4.00. The lowest BCUT2D eigenvalue weighted by Gasteiger charge is -2.21. The highest BCUT2D eigenvalue weighted by molar-refractivity contribution is 7.17. The van der Waals surface area contributed by atoms with Crippen LogP contribution < -0.4 is 0 Å². The fraction of sp³-hybridized carbons (Fsp3) is 0.308. The molecule has 1 aromatic heterocycles. The monoisotopic (exact) mass is 234 g/mol. The van der Waals surface area contributed by atoms with Gasteiger partial charge in [-0.05, 0) is 36.7 Å². The minimum atomic E-state index is -0.766. The van der Waals surface area contributed by atoms with E-state index < -0.39 is 5.60 Å². The number of Topliss-reactive ketones (excluding diaryl/α,β-unsaturated/α-hetero) is 1. The molecule has 0 aliphatic carbocycles. The SMILES string of the molecule is COC(C)(C)C(=O)c1cccc2ccsc12. The van der Waals surface area contributed by atoms with Crippen molar-refractivity contribution in [2.75, 3.05) is 7.11 Å². The van der Waals surface area contributed by atoms with Crippen LogP contribution in [0.5, 0.6) is 0 Å². The maximum Gasteiger partial charge on any atom is 0.195 e. The summed E-state index contributed by atoms with van der Waals surface area (Å²) in [5.74, 6) is 0.0306. The first kappa shape index (κ1) is 11.3. The van der Waals surface area contributed by atoms with E-state index in [1.807, 2.05) is 29.6 Å². The Kier molecular flexibility index (Phi) is 2.82. The number of ketones is 1. The van der Waals surface area contributed by atoms with Crippen molar-refractivity contribution in [2.24, 2.45) is 0 Å². The van der Waals surface area contributed by atoms with Gasteiger partial charge in [0.25, 0.3) is 0 Å². The molecule has 84 valence electrons. The summed E-state index contributed by atoms with van der Waals surface area (Å²) in [6, 6.07) is 7.81. The van der Waals surface area contributed by atoms with Crippen LogP contribution in [0, 0.1) is 0 Å². The Morgan fingerprint density at radius 1 is 1.31 bits per heavy atom. The molecule has 16 heavy (non-hydrogen) atoms. The van der Waals surface area contributed by atoms with Crippen LogP contribution in [0.15, 0.2) is 29.6 Å². The Labute approximate surface area is 98.9 Å². The molecule has 2 nitrogen and oxygen atoms in total. The quantitative estimate of drug-likeness (QED) is 0.760. The van der Waals surface area contributed by atoms with Crippen LogP contribution in [0.4, 0.5) is 0 Å². The normalized spacial score (nSPS) is 11.9. The molecule has 0 fully saturated rings. The number of carbonyl (C=O) groups is 1. The van der Waals surface area contributed by atoms with E-state index in [2.05, 4.69) is 0 Å². The number of hydrogen-bond donors (Lipinski definition) is 0. The highest BCUT2D eigenvalue weighted by Crippen LogP contribution is 2.28. The maximum atomic E-state index is 12.3. The molecule has 1 aromatic carbocycles. The van der Waals surface area contributed by atoms with Gasteiger partial charge in [0.15, 0.2) is 5.78 Å². The lowest BCUT2D eigenvalue weighted by atomic mass is 9.96. The van der Waals surface area contributed by atoms with Crippen LogP contribution >= 0.6 is 11.3 Å². The average Bonchev–Trinajstić information content (AvgIpc) is 2.75. The zero-order valence-electron chi connectivity index (χ0n) is 9.61. The van der Waals surface area contributed by atoms with Gasteiger partial charge in [-0.15, -0.1) is 11.3 Å². The van der Waals surface area contributed by atoms with Crippen LogP contribution in [0.25, 0.3) is 10.1 Å². The number of methoxy groups -OCH3 is 1. The van der Waals surface area contributed by atoms with Crippen LogP contribution in [0.1, 0.15) is 24.2 Å². The van der Waals surface area contributed by atoms with Gasteiger partial charge in [-0.2, -0.15) is 0 Å². The van der Waals surface area contributed by atoms with Gasteiger partial charge in [-0.3, -0.25) is 4.79 Å². The number of carbonyl (C=O) groups excluding carboxylic acids is 1. The molecular formula is C13H14O2S. The summed E-state index contributed by atoms with van der Waals surface area (Å²) in [5, 5.41) is 3.11. The number of rotatable bonds is 3. The molecule has 3 heteroatoms. The topological polar surface area (TPSA) is 26.3 Å². The van der Waals surface area contributed by atoms with Gasteiger partial charge >= 0.3 is 0 Å². The van der Waals surface area contributed by atoms with Gasteiger partial charge in [0.05, 0.1) is 0 Å². The Morgan fingerprint density at radius 2 is 2.06 bits per heavy atom. The van der Waals surface area contributed by atoms with Gasteiger partial charge in [-0.25, -0.2) is 0 Å². The maximum absolute atomic E-state index is 12.3. The summed E-state index contributed by atoms with van der Waals surface area (Å²) in [6.45, 7) is 3.59. The molecule has 0 amide bonds. The van der Waals surface area contributed by atoms with E-state index in [4.69, 9.17) is 4.74 Å². The highest BCUT2D eigenvalue weighted by Gasteiger charge is 2.29. The average molecular weight is 234 g/mol. The third kappa shape index (κ3) is 1.77. The first-order valence-electron chi connectivity index (χ1n) is 5.12. The van der Waals surface area contributed by atoms with Crippen molar-refractivity contribution in [1.82, 2.24) is 0 Å². The fourth-order valence-electron chi connectivity index (χ4n) is 1.59. The van der Waals surface area contributed by atoms with E-state index in [1.54, 1.807) is 32.3 Å². The molecule has 0 spiro atoms. The van der Waals surface area contributed by atoms with E-state index in [0.717, 1.165) is 15.6 Å². The summed E-state index contributed by atoms with van der Waals surface area (Å²) in [6.07, 6.45) is 0. The molecule has 0 aliphatic rings. The smallest absolute Gasteiger partial charge is 0.195 e. The molecule has 0 aliphatic heterocycles. The number of hydrogen-bond acceptors (Lipinski definition) is 3. The fourth-order valence-corrected chi connectivity index (χ4v) is 2.50. The summed E-state index contributed by atoms with van der Waals surface area (Å²) in [4.78, 5) is 12.3. The molecule has 0 atom stereocenters. The first-order chi connectivity index (χ1) is 7.56. The van der Waals surface area contributed by atoms with Crippen LogP contribution in [0.2, 0.25) is 0 Å². The third-order valence-corrected chi connectivity index (χ3v) is 3.74. The standard InChI is InChI=1S/C13H14O2S/c1-13(2,15-3)12(14)10-6-4-5-9-7-8-16-11(9)10/h4-8H,1-3H3. The minimum absolute atomic E-state index is 0.0306. The van der Waals surface area contributed by atoms with Crippen LogP contribution in [0.3, 0.4) is 0 Å². The summed E-state index contributed by atoms with van der Waals surface area (Å²) >= 11 is 1.59. The van der Waals surface area contributed by atoms with Gasteiger partial charge in [-0.1, -0.05) is 12.1 Å². The predicted molar refractivity (Wildman–Crippen MR) is 67.2 cm³/mol. The largest absolute Gasteiger partial charge is 0.371 e. The van der Waals surface area contributed by atoms with Crippen LogP contribution in [-0.2, 0) is 4.74 Å². The number of benzene rings is 1. The van der Waals surface area contributed by atoms with Gasteiger partial charge in [0.2, 0.25) is 0 Å². The van der Waals surface area contributed by atoms with Gasteiger partial charge < -0.3 is 4.74 Å². The third-order valence-electron chi connectivity index (χ3n) is 2.78. The van der Waals surface area contributed by atoms with E-state index in [0.29, 0.717) is 0 Å². The zero-order valence-corrected chi connectivity index (χ0v) is 10.4. The van der Waals surface area contributed by atoms with Crippen molar-refractivity contribution in [1.29, 1.82) is 0 Å². The van der Waals surface area contributed by atoms with Crippen molar-refractivity contribution < 1.29 is 9.53 Å². The zero-order chi connectivity index (χ0) is 11.8. The summed E-state index contributed by atoms with van der Waals surface area (Å²) in [7, 11) is 1.56. The molecule has 0 unspecified atom stereocenters. The Morgan fingerprint density at radius 3 is 2.75 bits per heavy atom. The van der Waals surface area contributed by atoms with E-state index in [9.17, 15) is 4.79 Å². The Bertz CT molecular complexity index is 525. The van der Waals surface area contributed by atoms with E-state index >= 15 is 0 Å². The molecule has 2 rings (SSSR count). The number of ether oxygens (including phenoxy) is 1. The highest BCUT2D eigenvalue weighted by atomic mass is 32.1. The van der Waals surface area contributed by atoms with Crippen molar-refractivity contribution in [2.45, 2.75) is 19.4 Å². The molecule has 0 bridgehead atoms. The second-order valence-electron chi connectivity index (χ2n) is 4.19. The van der Waals surface area contributed by atoms with E-state index in [-0.39, 0.29) is 5.78 Å². The van der Waals surface area contributed by atoms with Crippen molar-refractivity contribution in [3.05, 3.63) is 35.2 Å². The molecular weight excluding hydrogens is 220 g/mol. The summed E-state index contributed by atoms with van der Waals surface area (Å²) < 4.78 is 6.27. The molecule has 1 heterocycles. The van der Waals surface area contributed by atoms with Gasteiger partial charge in [0.1, 0.15) is 5.60 Å². The Balaban J connectivity index is 2.55. The second-order valence-corrected chi connectivity index (χ2v) is 5.10. The summed E-state index contributed by atoms with van der Waals surface area (Å²) in [5.41, 5.74) is -0.0162. The van der Waals surface area contributed by atoms with Crippen molar-refractivity contribution >= 4 is 27.2 Å². The van der Waals surface area contributed by atoms with E-state index in [1.165, 1.54) is 0 Å². The lowest BCUT2D eigenvalue weighted by Crippen LogP contribution is -2.33. The number of thiophene rings is 1. The molecule has 0 saturated carbocycles. The predicted octanol–water partition coefficient (Wildman–Crippen LogP) is 3.51. The van der Waals surface area contributed by atoms with Crippen molar-refractivity contribution in [3.8, 4) is 0 Å². The molecule has 2 aromatic rings. The minimum Gasteiger partial charge on any atom is -0.371 e. The Hall–Kier alpha value is -1.19. The molecule has 0 radical (unpaired) electrons. The first-order valence-corrected chi connectivity index (χ1v) is 6.00. The number of fused-ring (bicyclic) bond motifs is 1.